The molecule has 3 rings (SSSR count). The number of non-ortho nitro benzene ring substituents is 2. The van der Waals surface area contributed by atoms with Gasteiger partial charge in [0.05, 0.1) is 26.4 Å². The van der Waals surface area contributed by atoms with E-state index in [-0.39, 0.29) is 22.8 Å². The lowest BCUT2D eigenvalue weighted by molar-refractivity contribution is -0.384. The molecule has 0 unspecified atom stereocenters. The number of hydrogen-bond donors (Lipinski definition) is 1. The minimum absolute atomic E-state index is 0.107. The summed E-state index contributed by atoms with van der Waals surface area (Å²) in [6.07, 6.45) is 0. The van der Waals surface area contributed by atoms with Crippen LogP contribution in [0, 0.1) is 20.2 Å². The highest BCUT2D eigenvalue weighted by Crippen LogP contribution is 2.34. The third-order valence-electron chi connectivity index (χ3n) is 3.72. The molecule has 24 heavy (non-hydrogen) atoms. The average Bonchev–Trinajstić information content (AvgIpc) is 2.90. The van der Waals surface area contributed by atoms with E-state index in [1.54, 1.807) is 14.1 Å². The normalized spacial score (nSPS) is 10.9. The predicted octanol–water partition coefficient (Wildman–Crippen LogP) is 2.84. The Balaban J connectivity index is 2.41. The third kappa shape index (κ3) is 2.32. The standard InChI is InChI=1S/C15H12N4O5/c1-17(2)15(20)11-5-9(19(23)24)7-13-14(11)10-4-3-8(18(21)22)6-12(10)16-13/h3-7,16H,1-2H3. The number of hydrogen-bond acceptors (Lipinski definition) is 5. The van der Waals surface area contributed by atoms with Gasteiger partial charge in [-0.25, -0.2) is 0 Å². The Hall–Kier alpha value is -3.49. The first-order chi connectivity index (χ1) is 11.3. The van der Waals surface area contributed by atoms with E-state index < -0.39 is 9.85 Å². The van der Waals surface area contributed by atoms with Gasteiger partial charge in [-0.3, -0.25) is 25.0 Å². The summed E-state index contributed by atoms with van der Waals surface area (Å²) >= 11 is 0. The number of carbonyl (C=O) groups is 1. The summed E-state index contributed by atoms with van der Waals surface area (Å²) in [5.41, 5.74) is 0.652. The summed E-state index contributed by atoms with van der Waals surface area (Å²) in [6.45, 7) is 0. The lowest BCUT2D eigenvalue weighted by atomic mass is 10.0. The van der Waals surface area contributed by atoms with Gasteiger partial charge in [0, 0.05) is 49.1 Å². The van der Waals surface area contributed by atoms with Gasteiger partial charge >= 0.3 is 0 Å². The number of aromatic amines is 1. The molecule has 122 valence electrons. The molecule has 1 N–H and O–H groups in total. The van der Waals surface area contributed by atoms with Crippen molar-refractivity contribution in [3.63, 3.8) is 0 Å². The number of carbonyl (C=O) groups excluding carboxylic acids is 1. The lowest BCUT2D eigenvalue weighted by Crippen LogP contribution is -2.22. The summed E-state index contributed by atoms with van der Waals surface area (Å²) in [5.74, 6) is -0.386. The number of H-pyrrole nitrogens is 1. The van der Waals surface area contributed by atoms with E-state index >= 15 is 0 Å². The quantitative estimate of drug-likeness (QED) is 0.585. The molecule has 0 aliphatic carbocycles. The van der Waals surface area contributed by atoms with Crippen molar-refractivity contribution in [1.82, 2.24) is 9.88 Å². The third-order valence-corrected chi connectivity index (χ3v) is 3.72. The highest BCUT2D eigenvalue weighted by atomic mass is 16.6. The molecular weight excluding hydrogens is 316 g/mol. The molecular formula is C15H12N4O5. The Morgan fingerprint density at radius 1 is 1.00 bits per heavy atom. The zero-order chi connectivity index (χ0) is 17.6. The fourth-order valence-electron chi connectivity index (χ4n) is 2.64. The van der Waals surface area contributed by atoms with Crippen LogP contribution in [-0.2, 0) is 0 Å². The molecule has 9 heteroatoms. The van der Waals surface area contributed by atoms with Crippen LogP contribution in [-0.4, -0.2) is 39.7 Å². The second-order valence-corrected chi connectivity index (χ2v) is 5.48. The van der Waals surface area contributed by atoms with Crippen LogP contribution < -0.4 is 0 Å². The Bertz CT molecular complexity index is 1020. The van der Waals surface area contributed by atoms with Crippen molar-refractivity contribution in [3.05, 3.63) is 56.1 Å². The fraction of sp³-hybridized carbons (Fsp3) is 0.133. The van der Waals surface area contributed by atoms with Gasteiger partial charge < -0.3 is 9.88 Å². The van der Waals surface area contributed by atoms with Gasteiger partial charge in [-0.05, 0) is 6.07 Å². The number of fused-ring (bicyclic) bond motifs is 3. The Kier molecular flexibility index (Phi) is 3.40. The van der Waals surface area contributed by atoms with Gasteiger partial charge in [0.25, 0.3) is 17.3 Å². The van der Waals surface area contributed by atoms with Crippen LogP contribution in [0.3, 0.4) is 0 Å². The maximum absolute atomic E-state index is 12.4. The first-order valence-electron chi connectivity index (χ1n) is 6.89. The molecule has 0 saturated carbocycles. The minimum Gasteiger partial charge on any atom is -0.354 e. The molecule has 1 heterocycles. The van der Waals surface area contributed by atoms with Crippen LogP contribution in [0.4, 0.5) is 11.4 Å². The number of nitro benzene ring substituents is 2. The van der Waals surface area contributed by atoms with Gasteiger partial charge in [-0.1, -0.05) is 0 Å². The van der Waals surface area contributed by atoms with Crippen molar-refractivity contribution in [3.8, 4) is 0 Å². The van der Waals surface area contributed by atoms with Gasteiger partial charge in [0.2, 0.25) is 0 Å². The summed E-state index contributed by atoms with van der Waals surface area (Å²) in [4.78, 5) is 37.6. The van der Waals surface area contributed by atoms with Crippen molar-refractivity contribution in [2.75, 3.05) is 14.1 Å². The summed E-state index contributed by atoms with van der Waals surface area (Å²) in [6, 6.07) is 6.74. The van der Waals surface area contributed by atoms with Crippen LogP contribution in [0.25, 0.3) is 21.8 Å². The summed E-state index contributed by atoms with van der Waals surface area (Å²) in [7, 11) is 3.10. The summed E-state index contributed by atoms with van der Waals surface area (Å²) in [5, 5.41) is 23.1. The number of nitro groups is 2. The van der Waals surface area contributed by atoms with Crippen LogP contribution in [0.2, 0.25) is 0 Å². The van der Waals surface area contributed by atoms with Crippen molar-refractivity contribution < 1.29 is 14.6 Å². The van der Waals surface area contributed by atoms with E-state index in [0.717, 1.165) is 0 Å². The van der Waals surface area contributed by atoms with Crippen LogP contribution in [0.1, 0.15) is 10.4 Å². The van der Waals surface area contributed by atoms with E-state index in [4.69, 9.17) is 0 Å². The van der Waals surface area contributed by atoms with Gasteiger partial charge in [0.15, 0.2) is 0 Å². The molecule has 0 saturated heterocycles. The zero-order valence-electron chi connectivity index (χ0n) is 12.8. The Morgan fingerprint density at radius 2 is 1.62 bits per heavy atom. The molecule has 2 aromatic carbocycles. The minimum atomic E-state index is -0.583. The molecule has 0 atom stereocenters. The monoisotopic (exact) mass is 328 g/mol. The second-order valence-electron chi connectivity index (χ2n) is 5.48. The van der Waals surface area contributed by atoms with Crippen molar-refractivity contribution >= 4 is 39.1 Å². The van der Waals surface area contributed by atoms with Crippen LogP contribution >= 0.6 is 0 Å². The highest BCUT2D eigenvalue weighted by molar-refractivity contribution is 6.18. The highest BCUT2D eigenvalue weighted by Gasteiger charge is 2.22. The predicted molar refractivity (Wildman–Crippen MR) is 87.1 cm³/mol. The Labute approximate surface area is 134 Å². The Morgan fingerprint density at radius 3 is 2.21 bits per heavy atom. The van der Waals surface area contributed by atoms with E-state index in [9.17, 15) is 25.0 Å². The van der Waals surface area contributed by atoms with Crippen molar-refractivity contribution in [1.29, 1.82) is 0 Å². The molecule has 3 aromatic rings. The molecule has 0 aliphatic heterocycles. The smallest absolute Gasteiger partial charge is 0.272 e. The number of benzene rings is 2. The number of nitrogens with zero attached hydrogens (tertiary/aromatic N) is 3. The molecule has 0 aliphatic rings. The lowest BCUT2D eigenvalue weighted by Gasteiger charge is -2.11. The number of aromatic nitrogens is 1. The van der Waals surface area contributed by atoms with Gasteiger partial charge in [-0.2, -0.15) is 0 Å². The second kappa shape index (κ2) is 5.30. The van der Waals surface area contributed by atoms with Crippen molar-refractivity contribution in [2.45, 2.75) is 0 Å². The SMILES string of the molecule is CN(C)C(=O)c1cc([N+](=O)[O-])cc2[nH]c3cc([N+](=O)[O-])ccc3c12. The number of nitrogens with one attached hydrogen (secondary N) is 1. The fourth-order valence-corrected chi connectivity index (χ4v) is 2.64. The molecule has 9 nitrogen and oxygen atoms in total. The molecule has 1 amide bonds. The van der Waals surface area contributed by atoms with Crippen LogP contribution in [0.15, 0.2) is 30.3 Å². The first-order valence-corrected chi connectivity index (χ1v) is 6.89. The van der Waals surface area contributed by atoms with E-state index in [1.165, 1.54) is 35.2 Å². The van der Waals surface area contributed by atoms with Gasteiger partial charge in [0.1, 0.15) is 0 Å². The number of rotatable bonds is 3. The van der Waals surface area contributed by atoms with Gasteiger partial charge in [-0.15, -0.1) is 0 Å². The number of amides is 1. The molecule has 0 spiro atoms. The molecule has 1 aromatic heterocycles. The molecule has 0 bridgehead atoms. The maximum Gasteiger partial charge on any atom is 0.272 e. The van der Waals surface area contributed by atoms with E-state index in [1.807, 2.05) is 0 Å². The van der Waals surface area contributed by atoms with Crippen LogP contribution in [0.5, 0.6) is 0 Å². The van der Waals surface area contributed by atoms with E-state index in [2.05, 4.69) is 4.98 Å². The topological polar surface area (TPSA) is 122 Å². The molecule has 0 radical (unpaired) electrons. The zero-order valence-corrected chi connectivity index (χ0v) is 12.8. The summed E-state index contributed by atoms with van der Waals surface area (Å²) < 4.78 is 0. The van der Waals surface area contributed by atoms with Crippen molar-refractivity contribution in [2.24, 2.45) is 0 Å². The first kappa shape index (κ1) is 15.4. The largest absolute Gasteiger partial charge is 0.354 e. The van der Waals surface area contributed by atoms with E-state index in [0.29, 0.717) is 21.8 Å². The molecule has 0 fully saturated rings. The average molecular weight is 328 g/mol. The maximum atomic E-state index is 12.4.